The van der Waals surface area contributed by atoms with E-state index < -0.39 is 0 Å². The highest BCUT2D eigenvalue weighted by Crippen LogP contribution is 2.16. The number of non-ortho nitro benzene ring substituents is 1. The molecule has 0 fully saturated rings. The molecule has 0 aromatic heterocycles. The summed E-state index contributed by atoms with van der Waals surface area (Å²) in [4.78, 5) is 10.1. The number of aryl methyl sites for hydroxylation is 2. The van der Waals surface area contributed by atoms with Crippen molar-refractivity contribution in [3.05, 3.63) is 39.4 Å². The lowest BCUT2D eigenvalue weighted by Crippen LogP contribution is -1.91. The fraction of sp³-hybridized carbons (Fsp3) is 0.400. The van der Waals surface area contributed by atoms with Crippen molar-refractivity contribution in [1.29, 1.82) is 0 Å². The fourth-order valence-electron chi connectivity index (χ4n) is 1.15. The van der Waals surface area contributed by atoms with E-state index in [2.05, 4.69) is 0 Å². The van der Waals surface area contributed by atoms with Crippen LogP contribution in [0.2, 0.25) is 0 Å². The summed E-state index contributed by atoms with van der Waals surface area (Å²) in [5.74, 6) is 0. The molecular weight excluding hydrogens is 166 g/mol. The van der Waals surface area contributed by atoms with Crippen LogP contribution in [-0.4, -0.2) is 4.92 Å². The van der Waals surface area contributed by atoms with Crippen molar-refractivity contribution in [2.45, 2.75) is 27.7 Å². The van der Waals surface area contributed by atoms with E-state index >= 15 is 0 Å². The largest absolute Gasteiger partial charge is 0.269 e. The summed E-state index contributed by atoms with van der Waals surface area (Å²) in [6.45, 7) is 3.85. The molecule has 0 heterocycles. The van der Waals surface area contributed by atoms with Crippen LogP contribution in [0.5, 0.6) is 0 Å². The molecule has 0 aliphatic carbocycles. The van der Waals surface area contributed by atoms with Gasteiger partial charge in [-0.2, -0.15) is 0 Å². The molecule has 0 bridgehead atoms. The Morgan fingerprint density at radius 1 is 1.38 bits per heavy atom. The zero-order valence-corrected chi connectivity index (χ0v) is 7.20. The van der Waals surface area contributed by atoms with Gasteiger partial charge in [-0.1, -0.05) is 20.4 Å². The zero-order chi connectivity index (χ0) is 9.14. The molecule has 1 aromatic carbocycles. The van der Waals surface area contributed by atoms with Crippen LogP contribution in [0.3, 0.4) is 0 Å². The smallest absolute Gasteiger partial charge is 0.258 e. The van der Waals surface area contributed by atoms with Crippen molar-refractivity contribution in [2.24, 2.45) is 0 Å². The molecule has 0 atom stereocenters. The Labute approximate surface area is 78.5 Å². The second-order valence-corrected chi connectivity index (χ2v) is 2.79. The van der Waals surface area contributed by atoms with E-state index in [1.54, 1.807) is 12.1 Å². The van der Waals surface area contributed by atoms with Gasteiger partial charge in [0, 0.05) is 12.1 Å². The van der Waals surface area contributed by atoms with E-state index in [-0.39, 0.29) is 18.0 Å². The molecule has 0 aliphatic heterocycles. The first-order chi connectivity index (χ1) is 5.63. The van der Waals surface area contributed by atoms with Gasteiger partial charge in [0.15, 0.2) is 0 Å². The minimum absolute atomic E-state index is 0. The number of nitro groups is 1. The standard InChI is InChI=1S/C9H11NO2.CH4/c1-3-8-4-7(2)5-9(6-8)10(11)12;/h4-6H,3H2,1-2H3;1H4. The SMILES string of the molecule is C.CCc1cc(C)cc([N+](=O)[O-])c1. The number of hydrogen-bond acceptors (Lipinski definition) is 2. The predicted octanol–water partition coefficient (Wildman–Crippen LogP) is 3.10. The van der Waals surface area contributed by atoms with Crippen molar-refractivity contribution in [3.63, 3.8) is 0 Å². The molecule has 0 aliphatic rings. The first kappa shape index (κ1) is 11.6. The van der Waals surface area contributed by atoms with E-state index in [1.807, 2.05) is 19.9 Å². The van der Waals surface area contributed by atoms with Crippen molar-refractivity contribution in [3.8, 4) is 0 Å². The van der Waals surface area contributed by atoms with Gasteiger partial charge in [0.25, 0.3) is 5.69 Å². The van der Waals surface area contributed by atoms with Gasteiger partial charge < -0.3 is 0 Å². The Balaban J connectivity index is 0.00000144. The summed E-state index contributed by atoms with van der Waals surface area (Å²) < 4.78 is 0. The quantitative estimate of drug-likeness (QED) is 0.519. The lowest BCUT2D eigenvalue weighted by atomic mass is 10.1. The highest BCUT2D eigenvalue weighted by molar-refractivity contribution is 5.38. The van der Waals surface area contributed by atoms with Crippen molar-refractivity contribution in [2.75, 3.05) is 0 Å². The summed E-state index contributed by atoms with van der Waals surface area (Å²) in [7, 11) is 0. The minimum atomic E-state index is -0.355. The molecule has 0 unspecified atom stereocenters. The average molecular weight is 181 g/mol. The molecule has 0 radical (unpaired) electrons. The van der Waals surface area contributed by atoms with Gasteiger partial charge in [-0.25, -0.2) is 0 Å². The Morgan fingerprint density at radius 2 is 2.00 bits per heavy atom. The fourth-order valence-corrected chi connectivity index (χ4v) is 1.15. The molecule has 13 heavy (non-hydrogen) atoms. The zero-order valence-electron chi connectivity index (χ0n) is 7.20. The normalized spacial score (nSPS) is 9.08. The number of nitro benzene ring substituents is 1. The Bertz CT molecular complexity index is 308. The minimum Gasteiger partial charge on any atom is -0.258 e. The second kappa shape index (κ2) is 4.60. The molecule has 0 saturated heterocycles. The maximum Gasteiger partial charge on any atom is 0.269 e. The van der Waals surface area contributed by atoms with Gasteiger partial charge in [-0.05, 0) is 24.5 Å². The monoisotopic (exact) mass is 181 g/mol. The maximum atomic E-state index is 10.4. The molecule has 0 N–H and O–H groups in total. The van der Waals surface area contributed by atoms with Gasteiger partial charge in [-0.15, -0.1) is 0 Å². The highest BCUT2D eigenvalue weighted by atomic mass is 16.6. The number of benzene rings is 1. The summed E-state index contributed by atoms with van der Waals surface area (Å²) in [5, 5.41) is 10.4. The van der Waals surface area contributed by atoms with Gasteiger partial charge in [0.1, 0.15) is 0 Å². The van der Waals surface area contributed by atoms with Crippen LogP contribution in [0.1, 0.15) is 25.5 Å². The van der Waals surface area contributed by atoms with Crippen molar-refractivity contribution in [1.82, 2.24) is 0 Å². The third-order valence-electron chi connectivity index (χ3n) is 1.74. The molecule has 0 amide bonds. The number of nitrogens with zero attached hydrogens (tertiary/aromatic N) is 1. The van der Waals surface area contributed by atoms with Crippen LogP contribution >= 0.6 is 0 Å². The molecule has 3 heteroatoms. The summed E-state index contributed by atoms with van der Waals surface area (Å²) in [5.41, 5.74) is 2.15. The molecule has 0 spiro atoms. The van der Waals surface area contributed by atoms with E-state index in [0.29, 0.717) is 0 Å². The van der Waals surface area contributed by atoms with E-state index in [1.165, 1.54) is 0 Å². The second-order valence-electron chi connectivity index (χ2n) is 2.79. The third kappa shape index (κ3) is 2.86. The molecule has 0 saturated carbocycles. The molecule has 1 rings (SSSR count). The molecule has 1 aromatic rings. The first-order valence-corrected chi connectivity index (χ1v) is 3.88. The number of rotatable bonds is 2. The third-order valence-corrected chi connectivity index (χ3v) is 1.74. The molecule has 3 nitrogen and oxygen atoms in total. The van der Waals surface area contributed by atoms with Gasteiger partial charge in [-0.3, -0.25) is 10.1 Å². The Kier molecular flexibility index (Phi) is 4.11. The maximum absolute atomic E-state index is 10.4. The van der Waals surface area contributed by atoms with Crippen molar-refractivity contribution < 1.29 is 4.92 Å². The lowest BCUT2D eigenvalue weighted by molar-refractivity contribution is -0.385. The van der Waals surface area contributed by atoms with Crippen LogP contribution < -0.4 is 0 Å². The Morgan fingerprint density at radius 3 is 2.46 bits per heavy atom. The molecular formula is C10H15NO2. The average Bonchev–Trinajstić information content (AvgIpc) is 2.03. The van der Waals surface area contributed by atoms with E-state index in [4.69, 9.17) is 0 Å². The summed E-state index contributed by atoms with van der Waals surface area (Å²) >= 11 is 0. The van der Waals surface area contributed by atoms with Crippen LogP contribution in [0.25, 0.3) is 0 Å². The summed E-state index contributed by atoms with van der Waals surface area (Å²) in [6, 6.07) is 5.17. The first-order valence-electron chi connectivity index (χ1n) is 3.88. The van der Waals surface area contributed by atoms with Crippen LogP contribution in [0.4, 0.5) is 5.69 Å². The van der Waals surface area contributed by atoms with Gasteiger partial charge in [0.2, 0.25) is 0 Å². The lowest BCUT2D eigenvalue weighted by Gasteiger charge is -1.98. The van der Waals surface area contributed by atoms with Crippen LogP contribution in [0, 0.1) is 17.0 Å². The highest BCUT2D eigenvalue weighted by Gasteiger charge is 2.06. The van der Waals surface area contributed by atoms with E-state index in [0.717, 1.165) is 17.5 Å². The van der Waals surface area contributed by atoms with Gasteiger partial charge >= 0.3 is 0 Å². The van der Waals surface area contributed by atoms with Crippen LogP contribution in [0.15, 0.2) is 18.2 Å². The number of hydrogen-bond donors (Lipinski definition) is 0. The van der Waals surface area contributed by atoms with E-state index in [9.17, 15) is 10.1 Å². The topological polar surface area (TPSA) is 43.1 Å². The van der Waals surface area contributed by atoms with Crippen LogP contribution in [-0.2, 0) is 6.42 Å². The molecule has 72 valence electrons. The predicted molar refractivity (Wildman–Crippen MR) is 53.9 cm³/mol. The summed E-state index contributed by atoms with van der Waals surface area (Å²) in [6.07, 6.45) is 0.836. The van der Waals surface area contributed by atoms with Crippen molar-refractivity contribution >= 4 is 5.69 Å². The van der Waals surface area contributed by atoms with Gasteiger partial charge in [0.05, 0.1) is 4.92 Å². The Hall–Kier alpha value is -1.38.